The van der Waals surface area contributed by atoms with Crippen LogP contribution in [0.1, 0.15) is 44.6 Å². The van der Waals surface area contributed by atoms with Gasteiger partial charge in [-0.15, -0.1) is 0 Å². The summed E-state index contributed by atoms with van der Waals surface area (Å²) >= 11 is 0. The third kappa shape index (κ3) is 2.81. The fourth-order valence-corrected chi connectivity index (χ4v) is 2.00. The predicted octanol–water partition coefficient (Wildman–Crippen LogP) is 3.79. The van der Waals surface area contributed by atoms with Crippen LogP contribution in [0.25, 0.3) is 0 Å². The average molecular weight is 242 g/mol. The summed E-state index contributed by atoms with van der Waals surface area (Å²) in [7, 11) is 0. The van der Waals surface area contributed by atoms with Gasteiger partial charge in [0.15, 0.2) is 0 Å². The van der Waals surface area contributed by atoms with Crippen molar-refractivity contribution < 1.29 is 0 Å². The largest absolute Gasteiger partial charge is 0.265 e. The predicted molar refractivity (Wildman–Crippen MR) is 75.8 cm³/mol. The molecule has 0 fully saturated rings. The SMILES string of the molecule is CCc1cc(C(C)(C)C)nn1Cc1ccccc1. The van der Waals surface area contributed by atoms with E-state index in [1.54, 1.807) is 0 Å². The third-order valence-corrected chi connectivity index (χ3v) is 3.17. The molecule has 2 heteroatoms. The molecule has 96 valence electrons. The lowest BCUT2D eigenvalue weighted by molar-refractivity contribution is 0.542. The van der Waals surface area contributed by atoms with Gasteiger partial charge in [0.2, 0.25) is 0 Å². The Balaban J connectivity index is 2.30. The van der Waals surface area contributed by atoms with E-state index in [0.29, 0.717) is 0 Å². The summed E-state index contributed by atoms with van der Waals surface area (Å²) in [6.07, 6.45) is 1.02. The minimum atomic E-state index is 0.117. The van der Waals surface area contributed by atoms with Crippen LogP contribution in [0.3, 0.4) is 0 Å². The maximum Gasteiger partial charge on any atom is 0.0681 e. The summed E-state index contributed by atoms with van der Waals surface area (Å²) in [6, 6.07) is 12.7. The highest BCUT2D eigenvalue weighted by molar-refractivity contribution is 5.20. The molecule has 0 saturated carbocycles. The monoisotopic (exact) mass is 242 g/mol. The minimum Gasteiger partial charge on any atom is -0.265 e. The van der Waals surface area contributed by atoms with Gasteiger partial charge in [-0.3, -0.25) is 4.68 Å². The second-order valence-electron chi connectivity index (χ2n) is 5.77. The van der Waals surface area contributed by atoms with Crippen LogP contribution in [0.15, 0.2) is 36.4 Å². The highest BCUT2D eigenvalue weighted by Crippen LogP contribution is 2.22. The number of nitrogens with zero attached hydrogens (tertiary/aromatic N) is 2. The molecule has 0 N–H and O–H groups in total. The highest BCUT2D eigenvalue weighted by atomic mass is 15.3. The van der Waals surface area contributed by atoms with Gasteiger partial charge in [0.1, 0.15) is 0 Å². The van der Waals surface area contributed by atoms with Crippen molar-refractivity contribution in [2.24, 2.45) is 0 Å². The summed E-state index contributed by atoms with van der Waals surface area (Å²) in [5, 5.41) is 4.76. The lowest BCUT2D eigenvalue weighted by atomic mass is 9.92. The third-order valence-electron chi connectivity index (χ3n) is 3.17. The van der Waals surface area contributed by atoms with Crippen molar-refractivity contribution in [3.63, 3.8) is 0 Å². The van der Waals surface area contributed by atoms with E-state index < -0.39 is 0 Å². The fraction of sp³-hybridized carbons (Fsp3) is 0.438. The van der Waals surface area contributed by atoms with Gasteiger partial charge in [0, 0.05) is 11.1 Å². The Morgan fingerprint density at radius 3 is 2.33 bits per heavy atom. The number of aryl methyl sites for hydroxylation is 1. The van der Waals surface area contributed by atoms with E-state index in [9.17, 15) is 0 Å². The average Bonchev–Trinajstić information content (AvgIpc) is 2.73. The molecule has 1 heterocycles. The van der Waals surface area contributed by atoms with E-state index in [4.69, 9.17) is 5.10 Å². The molecule has 0 spiro atoms. The van der Waals surface area contributed by atoms with Gasteiger partial charge >= 0.3 is 0 Å². The molecule has 0 saturated heterocycles. The van der Waals surface area contributed by atoms with Gasteiger partial charge in [-0.25, -0.2) is 0 Å². The molecule has 18 heavy (non-hydrogen) atoms. The van der Waals surface area contributed by atoms with Crippen LogP contribution in [-0.4, -0.2) is 9.78 Å². The number of rotatable bonds is 3. The Hall–Kier alpha value is -1.57. The van der Waals surface area contributed by atoms with E-state index in [-0.39, 0.29) is 5.41 Å². The first kappa shape index (κ1) is 12.9. The standard InChI is InChI=1S/C16H22N2/c1-5-14-11-15(16(2,3)4)17-18(14)12-13-9-7-6-8-10-13/h6-11H,5,12H2,1-4H3. The van der Waals surface area contributed by atoms with Gasteiger partial charge in [-0.1, -0.05) is 58.0 Å². The Morgan fingerprint density at radius 1 is 1.11 bits per heavy atom. The van der Waals surface area contributed by atoms with E-state index in [1.807, 2.05) is 6.07 Å². The fourth-order valence-electron chi connectivity index (χ4n) is 2.00. The molecule has 0 radical (unpaired) electrons. The van der Waals surface area contributed by atoms with Crippen molar-refractivity contribution >= 4 is 0 Å². The normalized spacial score (nSPS) is 11.8. The molecule has 0 unspecified atom stereocenters. The zero-order chi connectivity index (χ0) is 13.2. The minimum absolute atomic E-state index is 0.117. The van der Waals surface area contributed by atoms with Crippen LogP contribution in [0.5, 0.6) is 0 Å². The van der Waals surface area contributed by atoms with Crippen LogP contribution in [0.4, 0.5) is 0 Å². The number of hydrogen-bond acceptors (Lipinski definition) is 1. The molecule has 1 aromatic heterocycles. The van der Waals surface area contributed by atoms with Gasteiger partial charge in [-0.05, 0) is 18.1 Å². The second-order valence-corrected chi connectivity index (χ2v) is 5.77. The summed E-state index contributed by atoms with van der Waals surface area (Å²) in [6.45, 7) is 9.68. The molecule has 2 aromatic rings. The smallest absolute Gasteiger partial charge is 0.0681 e. The van der Waals surface area contributed by atoms with Crippen molar-refractivity contribution in [1.82, 2.24) is 9.78 Å². The van der Waals surface area contributed by atoms with Crippen molar-refractivity contribution in [2.45, 2.75) is 46.1 Å². The molecule has 2 rings (SSSR count). The molecule has 2 nitrogen and oxygen atoms in total. The topological polar surface area (TPSA) is 17.8 Å². The van der Waals surface area contributed by atoms with Crippen LogP contribution in [-0.2, 0) is 18.4 Å². The Labute approximate surface area is 110 Å². The molecule has 0 aliphatic heterocycles. The number of aromatic nitrogens is 2. The van der Waals surface area contributed by atoms with Crippen molar-refractivity contribution in [2.75, 3.05) is 0 Å². The summed E-state index contributed by atoms with van der Waals surface area (Å²) in [5.74, 6) is 0. The van der Waals surface area contributed by atoms with Crippen molar-refractivity contribution in [3.8, 4) is 0 Å². The van der Waals surface area contributed by atoms with Gasteiger partial charge in [-0.2, -0.15) is 5.10 Å². The van der Waals surface area contributed by atoms with Crippen LogP contribution in [0, 0.1) is 0 Å². The quantitative estimate of drug-likeness (QED) is 0.800. The first-order valence-electron chi connectivity index (χ1n) is 6.62. The Kier molecular flexibility index (Phi) is 3.55. The first-order valence-corrected chi connectivity index (χ1v) is 6.62. The van der Waals surface area contributed by atoms with Gasteiger partial charge < -0.3 is 0 Å². The maximum atomic E-state index is 4.76. The molecular weight excluding hydrogens is 220 g/mol. The zero-order valence-corrected chi connectivity index (χ0v) is 11.8. The second kappa shape index (κ2) is 4.97. The summed E-state index contributed by atoms with van der Waals surface area (Å²) in [4.78, 5) is 0. The van der Waals surface area contributed by atoms with Crippen LogP contribution >= 0.6 is 0 Å². The number of hydrogen-bond donors (Lipinski definition) is 0. The molecular formula is C16H22N2. The van der Waals surface area contributed by atoms with E-state index in [2.05, 4.69) is 62.7 Å². The maximum absolute atomic E-state index is 4.76. The van der Waals surface area contributed by atoms with Crippen molar-refractivity contribution in [3.05, 3.63) is 53.3 Å². The van der Waals surface area contributed by atoms with Crippen LogP contribution < -0.4 is 0 Å². The van der Waals surface area contributed by atoms with Crippen molar-refractivity contribution in [1.29, 1.82) is 0 Å². The number of benzene rings is 1. The first-order chi connectivity index (χ1) is 8.50. The van der Waals surface area contributed by atoms with E-state index in [0.717, 1.165) is 13.0 Å². The molecule has 0 amide bonds. The summed E-state index contributed by atoms with van der Waals surface area (Å²) in [5.41, 5.74) is 3.90. The zero-order valence-electron chi connectivity index (χ0n) is 11.8. The molecule has 0 atom stereocenters. The molecule has 0 aliphatic rings. The molecule has 1 aromatic carbocycles. The van der Waals surface area contributed by atoms with Gasteiger partial charge in [0.05, 0.1) is 12.2 Å². The lowest BCUT2D eigenvalue weighted by Gasteiger charge is -2.14. The van der Waals surface area contributed by atoms with Gasteiger partial charge in [0.25, 0.3) is 0 Å². The Morgan fingerprint density at radius 2 is 1.78 bits per heavy atom. The lowest BCUT2D eigenvalue weighted by Crippen LogP contribution is -2.13. The van der Waals surface area contributed by atoms with Crippen LogP contribution in [0.2, 0.25) is 0 Å². The summed E-state index contributed by atoms with van der Waals surface area (Å²) < 4.78 is 2.13. The molecule has 0 aliphatic carbocycles. The van der Waals surface area contributed by atoms with E-state index >= 15 is 0 Å². The molecule has 0 bridgehead atoms. The Bertz CT molecular complexity index is 504. The highest BCUT2D eigenvalue weighted by Gasteiger charge is 2.19. The van der Waals surface area contributed by atoms with E-state index in [1.165, 1.54) is 17.0 Å².